The van der Waals surface area contributed by atoms with E-state index in [1.165, 1.54) is 0 Å². The number of hydrogen-bond donors (Lipinski definition) is 2. The van der Waals surface area contributed by atoms with E-state index < -0.39 is 10.0 Å². The van der Waals surface area contributed by atoms with E-state index in [9.17, 15) is 8.42 Å². The molecular weight excluding hydrogens is 376 g/mol. The van der Waals surface area contributed by atoms with Crippen molar-refractivity contribution in [1.29, 1.82) is 0 Å². The largest absolute Gasteiger partial charge is 0.496 e. The molecule has 2 heterocycles. The highest BCUT2D eigenvalue weighted by atomic mass is 32.2. The molecule has 0 aliphatic rings. The maximum absolute atomic E-state index is 12.8. The molecule has 0 saturated heterocycles. The summed E-state index contributed by atoms with van der Waals surface area (Å²) in [7, 11) is -2.20. The van der Waals surface area contributed by atoms with E-state index in [4.69, 9.17) is 4.74 Å². The van der Waals surface area contributed by atoms with E-state index in [0.29, 0.717) is 17.9 Å². The Morgan fingerprint density at radius 1 is 1.04 bits per heavy atom. The zero-order chi connectivity index (χ0) is 20.1. The lowest BCUT2D eigenvalue weighted by atomic mass is 10.1. The standard InChI is InChI=1S/C20H22N4O3S/c1-14-11-19(15(2)10-18(14)27-3)28(25,26)24-20-5-4-17(13-23-20)22-12-16-6-8-21-9-7-16/h4-11,13,22H,12H2,1-3H3,(H,23,24). The van der Waals surface area contributed by atoms with Gasteiger partial charge in [0.05, 0.1) is 23.9 Å². The maximum Gasteiger partial charge on any atom is 0.263 e. The van der Waals surface area contributed by atoms with Crippen molar-refractivity contribution < 1.29 is 13.2 Å². The molecule has 0 amide bonds. The molecule has 7 nitrogen and oxygen atoms in total. The molecule has 0 unspecified atom stereocenters. The fourth-order valence-corrected chi connectivity index (χ4v) is 4.05. The lowest BCUT2D eigenvalue weighted by Crippen LogP contribution is -2.15. The van der Waals surface area contributed by atoms with Crippen LogP contribution < -0.4 is 14.8 Å². The van der Waals surface area contributed by atoms with Gasteiger partial charge in [-0.3, -0.25) is 9.71 Å². The van der Waals surface area contributed by atoms with E-state index in [1.807, 2.05) is 12.1 Å². The molecule has 0 fully saturated rings. The first kappa shape index (κ1) is 19.6. The number of rotatable bonds is 7. The second kappa shape index (κ2) is 8.26. The summed E-state index contributed by atoms with van der Waals surface area (Å²) in [4.78, 5) is 8.38. The van der Waals surface area contributed by atoms with E-state index in [0.717, 1.165) is 16.8 Å². The molecule has 0 bridgehead atoms. The topological polar surface area (TPSA) is 93.2 Å². The van der Waals surface area contributed by atoms with E-state index >= 15 is 0 Å². The zero-order valence-corrected chi connectivity index (χ0v) is 16.7. The van der Waals surface area contributed by atoms with Crippen LogP contribution >= 0.6 is 0 Å². The van der Waals surface area contributed by atoms with Crippen molar-refractivity contribution in [3.05, 3.63) is 71.7 Å². The monoisotopic (exact) mass is 398 g/mol. The number of anilines is 2. The number of sulfonamides is 1. The fourth-order valence-electron chi connectivity index (χ4n) is 2.73. The SMILES string of the molecule is COc1cc(C)c(S(=O)(=O)Nc2ccc(NCc3ccncc3)cn2)cc1C. The van der Waals surface area contributed by atoms with Crippen LogP contribution in [0.1, 0.15) is 16.7 Å². The average molecular weight is 398 g/mol. The maximum atomic E-state index is 12.8. The highest BCUT2D eigenvalue weighted by Crippen LogP contribution is 2.27. The Morgan fingerprint density at radius 3 is 2.43 bits per heavy atom. The summed E-state index contributed by atoms with van der Waals surface area (Å²) in [5, 5.41) is 3.23. The van der Waals surface area contributed by atoms with Crippen LogP contribution in [0.5, 0.6) is 5.75 Å². The molecule has 2 aromatic heterocycles. The van der Waals surface area contributed by atoms with Gasteiger partial charge in [0.15, 0.2) is 0 Å². The normalized spacial score (nSPS) is 11.1. The number of pyridine rings is 2. The molecule has 0 saturated carbocycles. The van der Waals surface area contributed by atoms with Crippen LogP contribution in [-0.4, -0.2) is 25.5 Å². The third kappa shape index (κ3) is 4.58. The Morgan fingerprint density at radius 2 is 1.79 bits per heavy atom. The first-order valence-electron chi connectivity index (χ1n) is 8.66. The molecule has 28 heavy (non-hydrogen) atoms. The number of nitrogens with one attached hydrogen (secondary N) is 2. The lowest BCUT2D eigenvalue weighted by molar-refractivity contribution is 0.411. The molecule has 2 N–H and O–H groups in total. The number of methoxy groups -OCH3 is 1. The molecule has 0 aliphatic carbocycles. The Hall–Kier alpha value is -3.13. The van der Waals surface area contributed by atoms with Crippen molar-refractivity contribution in [2.24, 2.45) is 0 Å². The van der Waals surface area contributed by atoms with Gasteiger partial charge in [0.2, 0.25) is 0 Å². The summed E-state index contributed by atoms with van der Waals surface area (Å²) >= 11 is 0. The first-order chi connectivity index (χ1) is 13.4. The second-order valence-corrected chi connectivity index (χ2v) is 7.98. The smallest absolute Gasteiger partial charge is 0.263 e. The van der Waals surface area contributed by atoms with Crippen LogP contribution in [0.25, 0.3) is 0 Å². The van der Waals surface area contributed by atoms with Gasteiger partial charge in [0.1, 0.15) is 11.6 Å². The molecular formula is C20H22N4O3S. The van der Waals surface area contributed by atoms with Crippen molar-refractivity contribution in [2.75, 3.05) is 17.1 Å². The number of ether oxygens (including phenoxy) is 1. The Bertz CT molecular complexity index is 1050. The third-order valence-electron chi connectivity index (χ3n) is 4.23. The predicted molar refractivity (Wildman–Crippen MR) is 109 cm³/mol. The summed E-state index contributed by atoms with van der Waals surface area (Å²) in [6.45, 7) is 4.16. The quantitative estimate of drug-likeness (QED) is 0.633. The summed E-state index contributed by atoms with van der Waals surface area (Å²) in [5.74, 6) is 0.904. The van der Waals surface area contributed by atoms with Crippen LogP contribution in [0, 0.1) is 13.8 Å². The molecule has 0 radical (unpaired) electrons. The molecule has 146 valence electrons. The number of hydrogen-bond acceptors (Lipinski definition) is 6. The van der Waals surface area contributed by atoms with E-state index in [-0.39, 0.29) is 10.7 Å². The molecule has 8 heteroatoms. The van der Waals surface area contributed by atoms with Gasteiger partial charge >= 0.3 is 0 Å². The number of benzene rings is 1. The first-order valence-corrected chi connectivity index (χ1v) is 10.1. The van der Waals surface area contributed by atoms with Gasteiger partial charge in [0.25, 0.3) is 10.0 Å². The molecule has 1 aromatic carbocycles. The average Bonchev–Trinajstić information content (AvgIpc) is 2.69. The summed E-state index contributed by atoms with van der Waals surface area (Å²) in [6, 6.07) is 10.5. The number of aromatic nitrogens is 2. The number of nitrogens with zero attached hydrogens (tertiary/aromatic N) is 2. The Balaban J connectivity index is 1.72. The minimum Gasteiger partial charge on any atom is -0.496 e. The van der Waals surface area contributed by atoms with Crippen molar-refractivity contribution in [3.63, 3.8) is 0 Å². The van der Waals surface area contributed by atoms with Crippen molar-refractivity contribution in [1.82, 2.24) is 9.97 Å². The van der Waals surface area contributed by atoms with Crippen molar-refractivity contribution in [2.45, 2.75) is 25.3 Å². The van der Waals surface area contributed by atoms with Gasteiger partial charge in [-0.25, -0.2) is 13.4 Å². The lowest BCUT2D eigenvalue weighted by Gasteiger charge is -2.13. The summed E-state index contributed by atoms with van der Waals surface area (Å²) < 4.78 is 33.3. The second-order valence-electron chi connectivity index (χ2n) is 6.33. The molecule has 0 atom stereocenters. The van der Waals surface area contributed by atoms with Gasteiger partial charge in [-0.15, -0.1) is 0 Å². The Kier molecular flexibility index (Phi) is 5.79. The van der Waals surface area contributed by atoms with E-state index in [2.05, 4.69) is 20.0 Å². The van der Waals surface area contributed by atoms with Gasteiger partial charge in [-0.1, -0.05) is 0 Å². The highest BCUT2D eigenvalue weighted by molar-refractivity contribution is 7.92. The predicted octanol–water partition coefficient (Wildman–Crippen LogP) is 3.51. The van der Waals surface area contributed by atoms with E-state index in [1.54, 1.807) is 63.8 Å². The Labute approximate surface area is 164 Å². The molecule has 3 rings (SSSR count). The summed E-state index contributed by atoms with van der Waals surface area (Å²) in [6.07, 6.45) is 5.05. The van der Waals surface area contributed by atoms with Crippen LogP contribution in [-0.2, 0) is 16.6 Å². The summed E-state index contributed by atoms with van der Waals surface area (Å²) in [5.41, 5.74) is 3.23. The van der Waals surface area contributed by atoms with Gasteiger partial charge in [-0.05, 0) is 66.9 Å². The van der Waals surface area contributed by atoms with Crippen molar-refractivity contribution >= 4 is 21.5 Å². The number of aryl methyl sites for hydroxylation is 2. The van der Waals surface area contributed by atoms with Gasteiger partial charge in [-0.2, -0.15) is 0 Å². The van der Waals surface area contributed by atoms with Gasteiger partial charge < -0.3 is 10.1 Å². The fraction of sp³-hybridized carbons (Fsp3) is 0.200. The highest BCUT2D eigenvalue weighted by Gasteiger charge is 2.19. The van der Waals surface area contributed by atoms with Crippen LogP contribution in [0.15, 0.2) is 59.9 Å². The zero-order valence-electron chi connectivity index (χ0n) is 15.9. The molecule has 0 spiro atoms. The molecule has 0 aliphatic heterocycles. The minimum absolute atomic E-state index is 0.201. The van der Waals surface area contributed by atoms with Crippen molar-refractivity contribution in [3.8, 4) is 5.75 Å². The van der Waals surface area contributed by atoms with Crippen LogP contribution in [0.2, 0.25) is 0 Å². The van der Waals surface area contributed by atoms with Crippen LogP contribution in [0.4, 0.5) is 11.5 Å². The minimum atomic E-state index is -3.76. The van der Waals surface area contributed by atoms with Gasteiger partial charge in [0, 0.05) is 18.9 Å². The third-order valence-corrected chi connectivity index (χ3v) is 5.73. The molecule has 3 aromatic rings. The van der Waals surface area contributed by atoms with Crippen LogP contribution in [0.3, 0.4) is 0 Å².